The van der Waals surface area contributed by atoms with Crippen molar-refractivity contribution in [2.75, 3.05) is 0 Å². The fourth-order valence-corrected chi connectivity index (χ4v) is 2.13. The molecule has 9 nitrogen and oxygen atoms in total. The number of rotatable bonds is 11. The van der Waals surface area contributed by atoms with E-state index in [2.05, 4.69) is 10.6 Å². The van der Waals surface area contributed by atoms with Gasteiger partial charge in [-0.2, -0.15) is 0 Å². The Morgan fingerprint density at radius 2 is 1.48 bits per heavy atom. The van der Waals surface area contributed by atoms with Gasteiger partial charge in [-0.15, -0.1) is 0 Å². The summed E-state index contributed by atoms with van der Waals surface area (Å²) < 4.78 is 0. The third kappa shape index (κ3) is 8.48. The molecular formula is C16H29N3O6. The third-order valence-electron chi connectivity index (χ3n) is 3.89. The number of hydrogen-bond acceptors (Lipinski definition) is 5. The lowest BCUT2D eigenvalue weighted by Crippen LogP contribution is -2.56. The largest absolute Gasteiger partial charge is 0.481 e. The number of nitrogens with two attached hydrogens (primary N) is 1. The molecular weight excluding hydrogens is 330 g/mol. The predicted octanol–water partition coefficient (Wildman–Crippen LogP) is -0.0652. The molecule has 0 spiro atoms. The molecule has 0 radical (unpaired) electrons. The second-order valence-electron chi connectivity index (χ2n) is 6.60. The number of amides is 2. The van der Waals surface area contributed by atoms with Gasteiger partial charge in [0.2, 0.25) is 11.8 Å². The number of aliphatic carboxylic acids is 2. The molecule has 0 bridgehead atoms. The van der Waals surface area contributed by atoms with Gasteiger partial charge in [0.1, 0.15) is 12.1 Å². The zero-order valence-corrected chi connectivity index (χ0v) is 15.1. The van der Waals surface area contributed by atoms with Gasteiger partial charge < -0.3 is 26.6 Å². The molecule has 25 heavy (non-hydrogen) atoms. The van der Waals surface area contributed by atoms with E-state index in [4.69, 9.17) is 10.8 Å². The van der Waals surface area contributed by atoms with E-state index in [1.165, 1.54) is 0 Å². The van der Waals surface area contributed by atoms with Gasteiger partial charge in [0.05, 0.1) is 12.5 Å². The Balaban J connectivity index is 5.11. The van der Waals surface area contributed by atoms with E-state index in [9.17, 15) is 24.3 Å². The minimum atomic E-state index is -1.39. The van der Waals surface area contributed by atoms with E-state index in [0.717, 1.165) is 0 Å². The summed E-state index contributed by atoms with van der Waals surface area (Å²) in [5, 5.41) is 22.7. The molecule has 0 saturated heterocycles. The molecule has 2 amide bonds. The van der Waals surface area contributed by atoms with Crippen LogP contribution in [0.5, 0.6) is 0 Å². The van der Waals surface area contributed by atoms with Crippen LogP contribution in [0.1, 0.15) is 47.0 Å². The Morgan fingerprint density at radius 3 is 1.88 bits per heavy atom. The molecule has 144 valence electrons. The summed E-state index contributed by atoms with van der Waals surface area (Å²) in [6, 6.07) is -3.45. The van der Waals surface area contributed by atoms with Crippen molar-refractivity contribution in [3.05, 3.63) is 0 Å². The topological polar surface area (TPSA) is 159 Å². The summed E-state index contributed by atoms with van der Waals surface area (Å²) in [4.78, 5) is 46.6. The lowest BCUT2D eigenvalue weighted by Gasteiger charge is -2.24. The molecule has 0 aliphatic heterocycles. The normalized spacial score (nSPS) is 15.8. The van der Waals surface area contributed by atoms with Gasteiger partial charge >= 0.3 is 11.9 Å². The molecule has 0 aliphatic rings. The maximum atomic E-state index is 12.3. The minimum Gasteiger partial charge on any atom is -0.481 e. The summed E-state index contributed by atoms with van der Waals surface area (Å²) in [5.41, 5.74) is 5.78. The van der Waals surface area contributed by atoms with Crippen molar-refractivity contribution in [1.29, 1.82) is 0 Å². The first kappa shape index (κ1) is 22.8. The maximum Gasteiger partial charge on any atom is 0.326 e. The van der Waals surface area contributed by atoms with Crippen molar-refractivity contribution in [2.45, 2.75) is 65.1 Å². The van der Waals surface area contributed by atoms with Crippen LogP contribution in [0.4, 0.5) is 0 Å². The van der Waals surface area contributed by atoms with Crippen LogP contribution in [0.15, 0.2) is 0 Å². The van der Waals surface area contributed by atoms with Crippen molar-refractivity contribution < 1.29 is 29.4 Å². The van der Waals surface area contributed by atoms with Crippen molar-refractivity contribution >= 4 is 23.8 Å². The van der Waals surface area contributed by atoms with Crippen LogP contribution in [0, 0.1) is 11.8 Å². The summed E-state index contributed by atoms with van der Waals surface area (Å²) in [6.07, 6.45) is 0.153. The standard InChI is InChI=1S/C16H29N3O6/c1-5-9(4)13(17)15(23)18-10(7-12(20)21)14(22)19-11(16(24)25)6-8(2)3/h8-11,13H,5-7,17H2,1-4H3,(H,18,23)(H,19,22)(H,20,21)(H,24,25)/t9-,10-,11-,13-/m0/s1. The average Bonchev–Trinajstić information content (AvgIpc) is 2.50. The molecule has 0 heterocycles. The highest BCUT2D eigenvalue weighted by Gasteiger charge is 2.30. The Morgan fingerprint density at radius 1 is 0.960 bits per heavy atom. The van der Waals surface area contributed by atoms with Gasteiger partial charge in [-0.3, -0.25) is 14.4 Å². The predicted molar refractivity (Wildman–Crippen MR) is 90.6 cm³/mol. The van der Waals surface area contributed by atoms with Crippen LogP contribution in [0.25, 0.3) is 0 Å². The van der Waals surface area contributed by atoms with Crippen molar-refractivity contribution in [1.82, 2.24) is 10.6 Å². The molecule has 0 fully saturated rings. The van der Waals surface area contributed by atoms with E-state index in [1.54, 1.807) is 20.8 Å². The Bertz CT molecular complexity index is 494. The van der Waals surface area contributed by atoms with Gasteiger partial charge in [-0.1, -0.05) is 34.1 Å². The first-order valence-corrected chi connectivity index (χ1v) is 8.30. The number of carbonyl (C=O) groups is 4. The number of nitrogens with one attached hydrogen (secondary N) is 2. The lowest BCUT2D eigenvalue weighted by atomic mass is 9.98. The zero-order chi connectivity index (χ0) is 19.7. The van der Waals surface area contributed by atoms with Crippen LogP contribution in [-0.2, 0) is 19.2 Å². The van der Waals surface area contributed by atoms with E-state index < -0.39 is 48.3 Å². The van der Waals surface area contributed by atoms with Crippen LogP contribution in [-0.4, -0.2) is 52.1 Å². The van der Waals surface area contributed by atoms with Gasteiger partial charge in [-0.05, 0) is 18.3 Å². The van der Waals surface area contributed by atoms with Crippen LogP contribution in [0.3, 0.4) is 0 Å². The molecule has 4 atom stereocenters. The van der Waals surface area contributed by atoms with Crippen LogP contribution >= 0.6 is 0 Å². The van der Waals surface area contributed by atoms with Gasteiger partial charge in [0, 0.05) is 0 Å². The fraction of sp³-hybridized carbons (Fsp3) is 0.750. The van der Waals surface area contributed by atoms with Gasteiger partial charge in [0.25, 0.3) is 0 Å². The molecule has 0 saturated carbocycles. The molecule has 6 N–H and O–H groups in total. The van der Waals surface area contributed by atoms with Crippen molar-refractivity contribution in [2.24, 2.45) is 17.6 Å². The van der Waals surface area contributed by atoms with Gasteiger partial charge in [-0.25, -0.2) is 4.79 Å². The highest BCUT2D eigenvalue weighted by Crippen LogP contribution is 2.08. The van der Waals surface area contributed by atoms with E-state index in [1.807, 2.05) is 6.92 Å². The average molecular weight is 359 g/mol. The lowest BCUT2D eigenvalue weighted by molar-refractivity contribution is -0.143. The van der Waals surface area contributed by atoms with Crippen molar-refractivity contribution in [3.8, 4) is 0 Å². The summed E-state index contributed by atoms with van der Waals surface area (Å²) in [7, 11) is 0. The van der Waals surface area contributed by atoms with Gasteiger partial charge in [0.15, 0.2) is 0 Å². The molecule has 9 heteroatoms. The Labute approximate surface area is 147 Å². The molecule has 0 aromatic heterocycles. The Kier molecular flexibility index (Phi) is 9.73. The fourth-order valence-electron chi connectivity index (χ4n) is 2.13. The van der Waals surface area contributed by atoms with Crippen LogP contribution in [0.2, 0.25) is 0 Å². The smallest absolute Gasteiger partial charge is 0.326 e. The monoisotopic (exact) mass is 359 g/mol. The third-order valence-corrected chi connectivity index (χ3v) is 3.89. The second kappa shape index (κ2) is 10.7. The molecule has 0 aliphatic carbocycles. The molecule has 0 unspecified atom stereocenters. The van der Waals surface area contributed by atoms with E-state index >= 15 is 0 Å². The summed E-state index contributed by atoms with van der Waals surface area (Å²) in [5.74, 6) is -4.17. The molecule has 0 aromatic rings. The van der Waals surface area contributed by atoms with E-state index in [-0.39, 0.29) is 18.3 Å². The summed E-state index contributed by atoms with van der Waals surface area (Å²) >= 11 is 0. The Hall–Kier alpha value is -2.16. The van der Waals surface area contributed by atoms with Crippen LogP contribution < -0.4 is 16.4 Å². The zero-order valence-electron chi connectivity index (χ0n) is 15.1. The number of carboxylic acids is 2. The first-order chi connectivity index (χ1) is 11.5. The van der Waals surface area contributed by atoms with E-state index in [0.29, 0.717) is 6.42 Å². The molecule has 0 rings (SSSR count). The highest BCUT2D eigenvalue weighted by atomic mass is 16.4. The summed E-state index contributed by atoms with van der Waals surface area (Å²) in [6.45, 7) is 7.20. The molecule has 0 aromatic carbocycles. The number of carboxylic acid groups (broad SMARTS) is 2. The maximum absolute atomic E-state index is 12.3. The SMILES string of the molecule is CC[C@H](C)[C@H](N)C(=O)N[C@@H](CC(=O)O)C(=O)N[C@@H](CC(C)C)C(=O)O. The number of hydrogen-bond donors (Lipinski definition) is 5. The number of carbonyl (C=O) groups excluding carboxylic acids is 2. The second-order valence-corrected chi connectivity index (χ2v) is 6.60. The van der Waals surface area contributed by atoms with Crippen molar-refractivity contribution in [3.63, 3.8) is 0 Å². The first-order valence-electron chi connectivity index (χ1n) is 8.30. The quantitative estimate of drug-likeness (QED) is 0.345. The highest BCUT2D eigenvalue weighted by molar-refractivity contribution is 5.93. The minimum absolute atomic E-state index is 0.00717.